The van der Waals surface area contributed by atoms with E-state index in [1.165, 1.54) is 11.5 Å². The van der Waals surface area contributed by atoms with Gasteiger partial charge < -0.3 is 0 Å². The highest BCUT2D eigenvalue weighted by molar-refractivity contribution is 7.12. The normalized spacial score (nSPS) is 18.9. The Morgan fingerprint density at radius 3 is 2.50 bits per heavy atom. The number of hydrogen-bond acceptors (Lipinski definition) is 6. The lowest BCUT2D eigenvalue weighted by Crippen LogP contribution is -2.42. The van der Waals surface area contributed by atoms with Crippen molar-refractivity contribution >= 4 is 39.1 Å². The van der Waals surface area contributed by atoms with E-state index in [9.17, 15) is 14.4 Å². The number of Topliss-reactive ketones (excluding diaryl/α,β-unsaturated/α-hetero) is 3. The van der Waals surface area contributed by atoms with E-state index in [4.69, 9.17) is 0 Å². The van der Waals surface area contributed by atoms with E-state index in [2.05, 4.69) is 9.59 Å². The zero-order valence-corrected chi connectivity index (χ0v) is 13.5. The van der Waals surface area contributed by atoms with Crippen molar-refractivity contribution in [3.05, 3.63) is 23.3 Å². The third kappa shape index (κ3) is 2.37. The van der Waals surface area contributed by atoms with Crippen molar-refractivity contribution < 1.29 is 14.4 Å². The smallest absolute Gasteiger partial charge is 0.181 e. The topological polar surface area (TPSA) is 77.0 Å². The van der Waals surface area contributed by atoms with Crippen molar-refractivity contribution in [3.63, 3.8) is 0 Å². The first-order chi connectivity index (χ1) is 10.3. The summed E-state index contributed by atoms with van der Waals surface area (Å²) >= 11 is 1.25. The molecule has 0 unspecified atom stereocenters. The van der Waals surface area contributed by atoms with Crippen molar-refractivity contribution in [1.29, 1.82) is 0 Å². The van der Waals surface area contributed by atoms with Gasteiger partial charge in [-0.3, -0.25) is 14.4 Å². The van der Waals surface area contributed by atoms with Crippen molar-refractivity contribution in [3.8, 4) is 0 Å². The van der Waals surface area contributed by atoms with Gasteiger partial charge in [-0.15, -0.1) is 5.10 Å². The second-order valence-corrected chi connectivity index (χ2v) is 7.39. The van der Waals surface area contributed by atoms with Gasteiger partial charge in [-0.25, -0.2) is 0 Å². The molecule has 0 radical (unpaired) electrons. The van der Waals surface area contributed by atoms with Crippen molar-refractivity contribution in [1.82, 2.24) is 9.59 Å². The van der Waals surface area contributed by atoms with E-state index >= 15 is 0 Å². The first-order valence-corrected chi connectivity index (χ1v) is 7.89. The standard InChI is InChI=1S/C16H16N2O3S/c1-8-9(4-5-12-14(8)17-18-22-12)15(21)13-10(19)6-16(2,3)7-11(13)20/h4-5,13H,6-7H2,1-3H3. The highest BCUT2D eigenvalue weighted by Crippen LogP contribution is 2.36. The van der Waals surface area contributed by atoms with Crippen LogP contribution in [0, 0.1) is 18.3 Å². The molecule has 1 saturated carbocycles. The van der Waals surface area contributed by atoms with Gasteiger partial charge in [0.1, 0.15) is 11.4 Å². The second kappa shape index (κ2) is 5.05. The van der Waals surface area contributed by atoms with E-state index in [-0.39, 0.29) is 29.8 Å². The van der Waals surface area contributed by atoms with E-state index in [0.717, 1.165) is 4.70 Å². The van der Waals surface area contributed by atoms with Crippen LogP contribution < -0.4 is 0 Å². The number of fused-ring (bicyclic) bond motifs is 1. The number of ketones is 3. The molecular weight excluding hydrogens is 300 g/mol. The van der Waals surface area contributed by atoms with Crippen LogP contribution in [0.4, 0.5) is 0 Å². The average Bonchev–Trinajstić information content (AvgIpc) is 2.85. The summed E-state index contributed by atoms with van der Waals surface area (Å²) in [7, 11) is 0. The molecule has 0 bridgehead atoms. The molecule has 114 valence electrons. The van der Waals surface area contributed by atoms with Gasteiger partial charge in [-0.2, -0.15) is 0 Å². The van der Waals surface area contributed by atoms with E-state index in [1.54, 1.807) is 19.1 Å². The van der Waals surface area contributed by atoms with E-state index < -0.39 is 11.7 Å². The Bertz CT molecular complexity index is 787. The number of nitrogens with zero attached hydrogens (tertiary/aromatic N) is 2. The highest BCUT2D eigenvalue weighted by Gasteiger charge is 2.43. The number of rotatable bonds is 2. The van der Waals surface area contributed by atoms with Crippen molar-refractivity contribution in [2.45, 2.75) is 33.6 Å². The molecule has 1 aromatic heterocycles. The van der Waals surface area contributed by atoms with E-state index in [0.29, 0.717) is 16.6 Å². The molecule has 22 heavy (non-hydrogen) atoms. The lowest BCUT2D eigenvalue weighted by molar-refractivity contribution is -0.137. The highest BCUT2D eigenvalue weighted by atomic mass is 32.1. The minimum Gasteiger partial charge on any atom is -0.298 e. The SMILES string of the molecule is Cc1c(C(=O)C2C(=O)CC(C)(C)CC2=O)ccc2snnc12. The monoisotopic (exact) mass is 316 g/mol. The first kappa shape index (κ1) is 15.0. The molecule has 1 aromatic carbocycles. The minimum atomic E-state index is -1.16. The Hall–Kier alpha value is -1.95. The van der Waals surface area contributed by atoms with E-state index in [1.807, 2.05) is 13.8 Å². The Kier molecular flexibility index (Phi) is 3.44. The van der Waals surface area contributed by atoms with Crippen molar-refractivity contribution in [2.75, 3.05) is 0 Å². The summed E-state index contributed by atoms with van der Waals surface area (Å²) in [5.74, 6) is -2.11. The Labute approximate surface area is 131 Å². The molecule has 0 atom stereocenters. The molecular formula is C16H16N2O3S. The largest absolute Gasteiger partial charge is 0.298 e. The minimum absolute atomic E-state index is 0.259. The lowest BCUT2D eigenvalue weighted by Gasteiger charge is -2.31. The van der Waals surface area contributed by atoms with Crippen molar-refractivity contribution in [2.24, 2.45) is 11.3 Å². The molecule has 0 spiro atoms. The molecule has 0 saturated heterocycles. The predicted octanol–water partition coefficient (Wildman–Crippen LogP) is 2.76. The zero-order chi connectivity index (χ0) is 16.1. The van der Waals surface area contributed by atoms with Gasteiger partial charge in [0.25, 0.3) is 0 Å². The average molecular weight is 316 g/mol. The third-order valence-corrected chi connectivity index (χ3v) is 4.84. The molecule has 5 nitrogen and oxygen atoms in total. The van der Waals surface area contributed by atoms with Gasteiger partial charge >= 0.3 is 0 Å². The summed E-state index contributed by atoms with van der Waals surface area (Å²) in [6, 6.07) is 3.43. The lowest BCUT2D eigenvalue weighted by atomic mass is 9.69. The van der Waals surface area contributed by atoms with Crippen LogP contribution in [-0.4, -0.2) is 26.9 Å². The summed E-state index contributed by atoms with van der Waals surface area (Å²) in [5.41, 5.74) is 1.38. The first-order valence-electron chi connectivity index (χ1n) is 7.11. The molecule has 2 aromatic rings. The Morgan fingerprint density at radius 1 is 1.23 bits per heavy atom. The molecule has 1 fully saturated rings. The van der Waals surface area contributed by atoms with Gasteiger partial charge in [0, 0.05) is 18.4 Å². The number of aryl methyl sites for hydroxylation is 1. The summed E-state index contributed by atoms with van der Waals surface area (Å²) in [5, 5.41) is 4.01. The quantitative estimate of drug-likeness (QED) is 0.629. The summed E-state index contributed by atoms with van der Waals surface area (Å²) in [4.78, 5) is 37.3. The molecule has 6 heteroatoms. The summed E-state index contributed by atoms with van der Waals surface area (Å²) in [6.07, 6.45) is 0.517. The number of carbonyl (C=O) groups is 3. The molecule has 1 heterocycles. The molecule has 1 aliphatic carbocycles. The Balaban J connectivity index is 2.00. The number of carbonyl (C=O) groups excluding carboxylic acids is 3. The van der Waals surface area contributed by atoms with Crippen LogP contribution >= 0.6 is 11.5 Å². The molecule has 0 N–H and O–H groups in total. The fraction of sp³-hybridized carbons (Fsp3) is 0.438. The van der Waals surface area contributed by atoms with Crippen LogP contribution in [0.5, 0.6) is 0 Å². The van der Waals surface area contributed by atoms with Gasteiger partial charge in [0.15, 0.2) is 17.3 Å². The van der Waals surface area contributed by atoms with Crippen LogP contribution in [0.25, 0.3) is 10.2 Å². The Morgan fingerprint density at radius 2 is 1.86 bits per heavy atom. The maximum atomic E-state index is 12.7. The fourth-order valence-electron chi connectivity index (χ4n) is 3.08. The van der Waals surface area contributed by atoms with Crippen LogP contribution in [0.2, 0.25) is 0 Å². The van der Waals surface area contributed by atoms with Crippen LogP contribution in [0.15, 0.2) is 12.1 Å². The molecule has 0 amide bonds. The van der Waals surface area contributed by atoms with Crippen LogP contribution in [0.1, 0.15) is 42.6 Å². The zero-order valence-electron chi connectivity index (χ0n) is 12.7. The number of hydrogen-bond donors (Lipinski definition) is 0. The summed E-state index contributed by atoms with van der Waals surface area (Å²) < 4.78 is 4.76. The molecule has 3 rings (SSSR count). The fourth-order valence-corrected chi connectivity index (χ4v) is 3.70. The maximum Gasteiger partial charge on any atom is 0.181 e. The van der Waals surface area contributed by atoms with Crippen LogP contribution in [0.3, 0.4) is 0 Å². The third-order valence-electron chi connectivity index (χ3n) is 4.15. The van der Waals surface area contributed by atoms with Crippen LogP contribution in [-0.2, 0) is 9.59 Å². The van der Waals surface area contributed by atoms with Gasteiger partial charge in [0.2, 0.25) is 0 Å². The number of benzene rings is 1. The number of aromatic nitrogens is 2. The van der Waals surface area contributed by atoms with Gasteiger partial charge in [-0.1, -0.05) is 18.3 Å². The van der Waals surface area contributed by atoms with Gasteiger partial charge in [0.05, 0.1) is 4.70 Å². The molecule has 1 aliphatic rings. The van der Waals surface area contributed by atoms with Gasteiger partial charge in [-0.05, 0) is 41.6 Å². The second-order valence-electron chi connectivity index (χ2n) is 6.61. The maximum absolute atomic E-state index is 12.7. The predicted molar refractivity (Wildman–Crippen MR) is 83.0 cm³/mol. The molecule has 0 aliphatic heterocycles. The summed E-state index contributed by atoms with van der Waals surface area (Å²) in [6.45, 7) is 5.53.